The summed E-state index contributed by atoms with van der Waals surface area (Å²) in [4.78, 5) is 17.1. The van der Waals surface area contributed by atoms with Gasteiger partial charge in [-0.15, -0.1) is 0 Å². The number of pyridine rings is 1. The Kier molecular flexibility index (Phi) is 3.77. The van der Waals surface area contributed by atoms with Crippen LogP contribution in [0.5, 0.6) is 0 Å². The van der Waals surface area contributed by atoms with Gasteiger partial charge in [-0.1, -0.05) is 55.0 Å². The van der Waals surface area contributed by atoms with E-state index in [0.29, 0.717) is 12.1 Å². The topological polar surface area (TPSA) is 42.0 Å². The average molecular weight is 316 g/mol. The molecule has 1 saturated carbocycles. The molecule has 3 heteroatoms. The zero-order valence-corrected chi connectivity index (χ0v) is 13.5. The largest absolute Gasteiger partial charge is 0.351 e. The predicted molar refractivity (Wildman–Crippen MR) is 96.0 cm³/mol. The van der Waals surface area contributed by atoms with Gasteiger partial charge in [-0.25, -0.2) is 0 Å². The second-order valence-corrected chi connectivity index (χ2v) is 6.56. The number of carbonyl (C=O) groups is 1. The van der Waals surface area contributed by atoms with Crippen LogP contribution in [0.15, 0.2) is 66.9 Å². The fraction of sp³-hybridized carbons (Fsp3) is 0.238. The van der Waals surface area contributed by atoms with Crippen molar-refractivity contribution in [2.24, 2.45) is 0 Å². The van der Waals surface area contributed by atoms with Crippen LogP contribution in [0.4, 0.5) is 0 Å². The number of carbonyl (C=O) groups excluding carboxylic acids is 1. The number of benzene rings is 2. The molecule has 3 nitrogen and oxygen atoms in total. The normalized spacial score (nSPS) is 15.7. The Labute approximate surface area is 141 Å². The zero-order chi connectivity index (χ0) is 16.4. The van der Waals surface area contributed by atoms with Gasteiger partial charge in [0.15, 0.2) is 0 Å². The van der Waals surface area contributed by atoms with Gasteiger partial charge in [-0.05, 0) is 30.5 Å². The maximum atomic E-state index is 12.7. The number of para-hydroxylation sites is 1. The molecule has 2 aromatic carbocycles. The van der Waals surface area contributed by atoms with E-state index < -0.39 is 0 Å². The summed E-state index contributed by atoms with van der Waals surface area (Å²) in [6.45, 7) is 0.687. The minimum absolute atomic E-state index is 0.0178. The van der Waals surface area contributed by atoms with E-state index in [1.807, 2.05) is 30.3 Å². The first-order valence-electron chi connectivity index (χ1n) is 8.46. The second kappa shape index (κ2) is 6.08. The summed E-state index contributed by atoms with van der Waals surface area (Å²) in [5.74, 6) is -0.0178. The predicted octanol–water partition coefficient (Wildman–Crippen LogP) is 4.09. The molecule has 1 heterocycles. The Morgan fingerprint density at radius 3 is 2.50 bits per heavy atom. The van der Waals surface area contributed by atoms with Crippen molar-refractivity contribution in [2.45, 2.75) is 24.7 Å². The van der Waals surface area contributed by atoms with E-state index in [-0.39, 0.29) is 11.3 Å². The van der Waals surface area contributed by atoms with Gasteiger partial charge in [0.05, 0.1) is 11.1 Å². The van der Waals surface area contributed by atoms with Crippen molar-refractivity contribution in [3.8, 4) is 0 Å². The van der Waals surface area contributed by atoms with Gasteiger partial charge >= 0.3 is 0 Å². The molecule has 1 aliphatic rings. The van der Waals surface area contributed by atoms with Crippen LogP contribution in [-0.2, 0) is 5.41 Å². The van der Waals surface area contributed by atoms with Crippen molar-refractivity contribution >= 4 is 16.8 Å². The molecule has 0 atom stereocenters. The van der Waals surface area contributed by atoms with Gasteiger partial charge in [-0.2, -0.15) is 0 Å². The van der Waals surface area contributed by atoms with Gasteiger partial charge in [0.2, 0.25) is 0 Å². The lowest BCUT2D eigenvalue weighted by Crippen LogP contribution is -2.45. The smallest absolute Gasteiger partial charge is 0.252 e. The first kappa shape index (κ1) is 14.9. The van der Waals surface area contributed by atoms with E-state index in [4.69, 9.17) is 0 Å². The molecule has 0 bridgehead atoms. The highest BCUT2D eigenvalue weighted by Crippen LogP contribution is 2.43. The van der Waals surface area contributed by atoms with Crippen molar-refractivity contribution < 1.29 is 4.79 Å². The average Bonchev–Trinajstić information content (AvgIpc) is 2.61. The number of nitrogens with one attached hydrogen (secondary N) is 1. The molecule has 4 rings (SSSR count). The lowest BCUT2D eigenvalue weighted by Gasteiger charge is -2.42. The van der Waals surface area contributed by atoms with Crippen molar-refractivity contribution in [3.05, 3.63) is 78.0 Å². The lowest BCUT2D eigenvalue weighted by atomic mass is 9.64. The summed E-state index contributed by atoms with van der Waals surface area (Å²) in [5, 5.41) is 4.07. The Balaban J connectivity index is 1.56. The fourth-order valence-corrected chi connectivity index (χ4v) is 3.60. The molecule has 1 fully saturated rings. The number of hydrogen-bond donors (Lipinski definition) is 1. The van der Waals surface area contributed by atoms with Gasteiger partial charge in [0.1, 0.15) is 0 Å². The highest BCUT2D eigenvalue weighted by Gasteiger charge is 2.38. The maximum absolute atomic E-state index is 12.7. The number of hydrogen-bond acceptors (Lipinski definition) is 2. The summed E-state index contributed by atoms with van der Waals surface area (Å²) < 4.78 is 0. The molecule has 24 heavy (non-hydrogen) atoms. The highest BCUT2D eigenvalue weighted by molar-refractivity contribution is 6.05. The fourth-order valence-electron chi connectivity index (χ4n) is 3.60. The molecule has 1 N–H and O–H groups in total. The van der Waals surface area contributed by atoms with Crippen LogP contribution < -0.4 is 5.32 Å². The lowest BCUT2D eigenvalue weighted by molar-refractivity contribution is 0.0929. The van der Waals surface area contributed by atoms with Crippen molar-refractivity contribution in [1.82, 2.24) is 10.3 Å². The van der Waals surface area contributed by atoms with Crippen LogP contribution in [0.25, 0.3) is 10.9 Å². The quantitative estimate of drug-likeness (QED) is 0.788. The highest BCUT2D eigenvalue weighted by atomic mass is 16.1. The summed E-state index contributed by atoms with van der Waals surface area (Å²) >= 11 is 0. The van der Waals surface area contributed by atoms with E-state index in [9.17, 15) is 4.79 Å². The van der Waals surface area contributed by atoms with Gasteiger partial charge in [-0.3, -0.25) is 9.78 Å². The van der Waals surface area contributed by atoms with Gasteiger partial charge in [0, 0.05) is 23.5 Å². The molecule has 1 aromatic heterocycles. The van der Waals surface area contributed by atoms with Crippen LogP contribution in [0.1, 0.15) is 35.2 Å². The molecule has 1 amide bonds. The standard InChI is InChI=1S/C21H20N2O/c24-20(18-11-14-22-19-10-5-4-9-17(18)19)23-15-21(12-6-13-21)16-7-2-1-3-8-16/h1-5,7-11,14H,6,12-13,15H2,(H,23,24). The van der Waals surface area contributed by atoms with Gasteiger partial charge in [0.25, 0.3) is 5.91 Å². The molecule has 0 radical (unpaired) electrons. The summed E-state index contributed by atoms with van der Waals surface area (Å²) in [6, 6.07) is 20.1. The first-order valence-corrected chi connectivity index (χ1v) is 8.46. The maximum Gasteiger partial charge on any atom is 0.252 e. The first-order chi connectivity index (χ1) is 11.8. The summed E-state index contributed by atoms with van der Waals surface area (Å²) in [5.41, 5.74) is 2.98. The summed E-state index contributed by atoms with van der Waals surface area (Å²) in [7, 11) is 0. The third kappa shape index (κ3) is 2.56. The molecular formula is C21H20N2O. The SMILES string of the molecule is O=C(NCC1(c2ccccc2)CCC1)c1ccnc2ccccc12. The monoisotopic (exact) mass is 316 g/mol. The molecule has 120 valence electrons. The number of fused-ring (bicyclic) bond motifs is 1. The van der Waals surface area contributed by atoms with E-state index in [2.05, 4.69) is 34.6 Å². The van der Waals surface area contributed by atoms with E-state index in [0.717, 1.165) is 23.7 Å². The van der Waals surface area contributed by atoms with E-state index in [1.54, 1.807) is 12.3 Å². The van der Waals surface area contributed by atoms with Crippen molar-refractivity contribution in [2.75, 3.05) is 6.54 Å². The van der Waals surface area contributed by atoms with Crippen LogP contribution in [0, 0.1) is 0 Å². The molecule has 0 aliphatic heterocycles. The number of nitrogens with zero attached hydrogens (tertiary/aromatic N) is 1. The minimum atomic E-state index is -0.0178. The number of aromatic nitrogens is 1. The Morgan fingerprint density at radius 1 is 1.00 bits per heavy atom. The molecular weight excluding hydrogens is 296 g/mol. The molecule has 1 aliphatic carbocycles. The third-order valence-corrected chi connectivity index (χ3v) is 5.18. The molecule has 0 saturated heterocycles. The second-order valence-electron chi connectivity index (χ2n) is 6.56. The van der Waals surface area contributed by atoms with Gasteiger partial charge < -0.3 is 5.32 Å². The summed E-state index contributed by atoms with van der Waals surface area (Å²) in [6.07, 6.45) is 5.19. The third-order valence-electron chi connectivity index (χ3n) is 5.18. The van der Waals surface area contributed by atoms with Crippen molar-refractivity contribution in [3.63, 3.8) is 0 Å². The van der Waals surface area contributed by atoms with Crippen LogP contribution >= 0.6 is 0 Å². The van der Waals surface area contributed by atoms with Crippen LogP contribution in [0.3, 0.4) is 0 Å². The van der Waals surface area contributed by atoms with E-state index >= 15 is 0 Å². The van der Waals surface area contributed by atoms with Crippen LogP contribution in [-0.4, -0.2) is 17.4 Å². The van der Waals surface area contributed by atoms with E-state index in [1.165, 1.54) is 12.0 Å². The Hall–Kier alpha value is -2.68. The Morgan fingerprint density at radius 2 is 1.75 bits per heavy atom. The number of amides is 1. The molecule has 0 unspecified atom stereocenters. The zero-order valence-electron chi connectivity index (χ0n) is 13.5. The minimum Gasteiger partial charge on any atom is -0.351 e. The molecule has 3 aromatic rings. The Bertz CT molecular complexity index is 864. The number of rotatable bonds is 4. The van der Waals surface area contributed by atoms with Crippen LogP contribution in [0.2, 0.25) is 0 Å². The van der Waals surface area contributed by atoms with Crippen molar-refractivity contribution in [1.29, 1.82) is 0 Å². The molecule has 0 spiro atoms.